The Hall–Kier alpha value is 0.220. The lowest BCUT2D eigenvalue weighted by molar-refractivity contribution is -0.0435. The van der Waals surface area contributed by atoms with Gasteiger partial charge in [-0.1, -0.05) is 22.0 Å². The molecule has 0 aromatic heterocycles. The second-order valence-corrected chi connectivity index (χ2v) is 6.96. The van der Waals surface area contributed by atoms with Gasteiger partial charge in [-0.15, -0.1) is 6.58 Å². The molecule has 0 amide bonds. The van der Waals surface area contributed by atoms with Gasteiger partial charge in [0.05, 0.1) is 0 Å². The molecule has 4 saturated carbocycles. The van der Waals surface area contributed by atoms with Crippen LogP contribution >= 0.6 is 15.9 Å². The summed E-state index contributed by atoms with van der Waals surface area (Å²) in [6, 6.07) is 0. The van der Waals surface area contributed by atoms with Crippen LogP contribution in [0.5, 0.6) is 0 Å². The summed E-state index contributed by atoms with van der Waals surface area (Å²) in [6.45, 7) is 3.94. The van der Waals surface area contributed by atoms with Crippen molar-refractivity contribution in [1.29, 1.82) is 0 Å². The van der Waals surface area contributed by atoms with E-state index in [1.807, 2.05) is 0 Å². The minimum Gasteiger partial charge on any atom is -0.103 e. The van der Waals surface area contributed by atoms with Gasteiger partial charge in [-0.3, -0.25) is 0 Å². The third-order valence-corrected chi connectivity index (χ3v) is 6.36. The summed E-state index contributed by atoms with van der Waals surface area (Å²) in [5, 5.41) is 0. The van der Waals surface area contributed by atoms with Gasteiger partial charge in [0.15, 0.2) is 0 Å². The highest BCUT2D eigenvalue weighted by atomic mass is 79.9. The lowest BCUT2D eigenvalue weighted by atomic mass is 9.49. The SMILES string of the molecule is C=CCC12CC3CC(C1)C(Br)C(C3)C2. The molecule has 0 aromatic carbocycles. The first-order chi connectivity index (χ1) is 6.72. The van der Waals surface area contributed by atoms with Crippen molar-refractivity contribution >= 4 is 15.9 Å². The summed E-state index contributed by atoms with van der Waals surface area (Å²) < 4.78 is 0. The van der Waals surface area contributed by atoms with Crippen LogP contribution in [0.3, 0.4) is 0 Å². The Morgan fingerprint density at radius 1 is 1.21 bits per heavy atom. The standard InChI is InChI=1S/C13H19Br/c1-2-3-13-6-9-4-10(7-13)12(14)11(5-9)8-13/h2,9-12H,1,3-8H2. The number of hydrogen-bond acceptors (Lipinski definition) is 0. The van der Waals surface area contributed by atoms with E-state index in [-0.39, 0.29) is 0 Å². The van der Waals surface area contributed by atoms with E-state index in [0.717, 1.165) is 22.6 Å². The molecule has 1 heteroatoms. The first-order valence-corrected chi connectivity index (χ1v) is 6.89. The fourth-order valence-corrected chi connectivity index (χ4v) is 5.49. The zero-order chi connectivity index (χ0) is 9.76. The van der Waals surface area contributed by atoms with Crippen molar-refractivity contribution in [2.45, 2.75) is 43.4 Å². The molecule has 0 aromatic rings. The Morgan fingerprint density at radius 2 is 1.86 bits per heavy atom. The summed E-state index contributed by atoms with van der Waals surface area (Å²) >= 11 is 3.93. The second kappa shape index (κ2) is 3.10. The van der Waals surface area contributed by atoms with Crippen LogP contribution in [0, 0.1) is 23.2 Å². The average molecular weight is 255 g/mol. The number of rotatable bonds is 2. The van der Waals surface area contributed by atoms with Gasteiger partial charge in [0, 0.05) is 4.83 Å². The fourth-order valence-electron chi connectivity index (χ4n) is 4.69. The lowest BCUT2D eigenvalue weighted by Gasteiger charge is -2.59. The minimum atomic E-state index is 0.683. The van der Waals surface area contributed by atoms with Crippen LogP contribution in [-0.2, 0) is 0 Å². The number of alkyl halides is 1. The molecule has 0 N–H and O–H groups in total. The topological polar surface area (TPSA) is 0 Å². The maximum atomic E-state index is 3.94. The quantitative estimate of drug-likeness (QED) is 0.513. The molecular formula is C13H19Br. The Bertz CT molecular complexity index is 242. The van der Waals surface area contributed by atoms with Gasteiger partial charge in [-0.05, 0) is 61.7 Å². The smallest absolute Gasteiger partial charge is 0.0202 e. The largest absolute Gasteiger partial charge is 0.103 e. The molecule has 78 valence electrons. The number of halogens is 1. The van der Waals surface area contributed by atoms with E-state index < -0.39 is 0 Å². The lowest BCUT2D eigenvalue weighted by Crippen LogP contribution is -2.51. The van der Waals surface area contributed by atoms with Gasteiger partial charge >= 0.3 is 0 Å². The Kier molecular flexibility index (Phi) is 2.09. The molecule has 0 spiro atoms. The molecule has 4 bridgehead atoms. The molecule has 2 atom stereocenters. The van der Waals surface area contributed by atoms with E-state index in [4.69, 9.17) is 0 Å². The number of hydrogen-bond donors (Lipinski definition) is 0. The van der Waals surface area contributed by atoms with Crippen molar-refractivity contribution in [3.63, 3.8) is 0 Å². The molecule has 4 rings (SSSR count). The zero-order valence-corrected chi connectivity index (χ0v) is 10.3. The summed E-state index contributed by atoms with van der Waals surface area (Å²) in [4.78, 5) is 0.844. The summed E-state index contributed by atoms with van der Waals surface area (Å²) in [5.41, 5.74) is 0.683. The highest BCUT2D eigenvalue weighted by Gasteiger charge is 2.53. The Morgan fingerprint density at radius 3 is 2.43 bits per heavy atom. The van der Waals surface area contributed by atoms with E-state index in [9.17, 15) is 0 Å². The first-order valence-electron chi connectivity index (χ1n) is 5.97. The molecule has 4 aliphatic carbocycles. The first kappa shape index (κ1) is 9.45. The monoisotopic (exact) mass is 254 g/mol. The maximum Gasteiger partial charge on any atom is 0.0202 e. The van der Waals surface area contributed by atoms with Crippen molar-refractivity contribution in [2.75, 3.05) is 0 Å². The van der Waals surface area contributed by atoms with Gasteiger partial charge in [0.25, 0.3) is 0 Å². The molecule has 0 aliphatic heterocycles. The maximum absolute atomic E-state index is 3.94. The molecule has 2 unspecified atom stereocenters. The third-order valence-electron chi connectivity index (χ3n) is 4.86. The van der Waals surface area contributed by atoms with E-state index in [1.165, 1.54) is 38.5 Å². The van der Waals surface area contributed by atoms with Crippen LogP contribution in [0.15, 0.2) is 12.7 Å². The zero-order valence-electron chi connectivity index (χ0n) is 8.71. The molecule has 4 aliphatic rings. The van der Waals surface area contributed by atoms with Crippen LogP contribution < -0.4 is 0 Å². The van der Waals surface area contributed by atoms with E-state index >= 15 is 0 Å². The van der Waals surface area contributed by atoms with Crippen LogP contribution in [-0.4, -0.2) is 4.83 Å². The second-order valence-electron chi connectivity index (χ2n) is 5.91. The van der Waals surface area contributed by atoms with E-state index in [0.29, 0.717) is 5.41 Å². The van der Waals surface area contributed by atoms with Gasteiger partial charge in [-0.2, -0.15) is 0 Å². The Balaban J connectivity index is 1.88. The molecule has 0 saturated heterocycles. The van der Waals surface area contributed by atoms with Crippen molar-refractivity contribution < 1.29 is 0 Å². The van der Waals surface area contributed by atoms with Crippen LogP contribution in [0.4, 0.5) is 0 Å². The van der Waals surface area contributed by atoms with E-state index in [2.05, 4.69) is 28.6 Å². The number of allylic oxidation sites excluding steroid dienone is 1. The minimum absolute atomic E-state index is 0.683. The van der Waals surface area contributed by atoms with Crippen molar-refractivity contribution in [2.24, 2.45) is 23.2 Å². The predicted octanol–water partition coefficient (Wildman–Crippen LogP) is 4.15. The molecule has 4 fully saturated rings. The average Bonchev–Trinajstić information content (AvgIpc) is 2.12. The molecular weight excluding hydrogens is 236 g/mol. The molecule has 0 heterocycles. The van der Waals surface area contributed by atoms with Crippen molar-refractivity contribution in [1.82, 2.24) is 0 Å². The van der Waals surface area contributed by atoms with E-state index in [1.54, 1.807) is 0 Å². The summed E-state index contributed by atoms with van der Waals surface area (Å²) in [6.07, 6.45) is 10.9. The molecule has 0 radical (unpaired) electrons. The van der Waals surface area contributed by atoms with Gasteiger partial charge in [0.2, 0.25) is 0 Å². The molecule has 14 heavy (non-hydrogen) atoms. The van der Waals surface area contributed by atoms with Crippen LogP contribution in [0.1, 0.15) is 38.5 Å². The summed E-state index contributed by atoms with van der Waals surface area (Å²) in [5.74, 6) is 3.03. The van der Waals surface area contributed by atoms with Gasteiger partial charge < -0.3 is 0 Å². The highest BCUT2D eigenvalue weighted by molar-refractivity contribution is 9.09. The third kappa shape index (κ3) is 1.24. The Labute approximate surface area is 95.3 Å². The molecule has 0 nitrogen and oxygen atoms in total. The predicted molar refractivity (Wildman–Crippen MR) is 63.5 cm³/mol. The highest BCUT2D eigenvalue weighted by Crippen LogP contribution is 2.62. The normalized spacial score (nSPS) is 54.9. The van der Waals surface area contributed by atoms with Crippen LogP contribution in [0.25, 0.3) is 0 Å². The van der Waals surface area contributed by atoms with Crippen molar-refractivity contribution in [3.8, 4) is 0 Å². The summed E-state index contributed by atoms with van der Waals surface area (Å²) in [7, 11) is 0. The fraction of sp³-hybridized carbons (Fsp3) is 0.846. The van der Waals surface area contributed by atoms with Gasteiger partial charge in [-0.25, -0.2) is 0 Å². The van der Waals surface area contributed by atoms with Gasteiger partial charge in [0.1, 0.15) is 0 Å². The van der Waals surface area contributed by atoms with Crippen molar-refractivity contribution in [3.05, 3.63) is 12.7 Å². The van der Waals surface area contributed by atoms with Crippen LogP contribution in [0.2, 0.25) is 0 Å².